The van der Waals surface area contributed by atoms with Gasteiger partial charge in [0.25, 0.3) is 0 Å². The van der Waals surface area contributed by atoms with Crippen LogP contribution in [0.1, 0.15) is 47.0 Å². The van der Waals surface area contributed by atoms with Gasteiger partial charge in [0.05, 0.1) is 0 Å². The summed E-state index contributed by atoms with van der Waals surface area (Å²) in [6.45, 7) is 7.59. The van der Waals surface area contributed by atoms with Crippen LogP contribution in [-0.4, -0.2) is 16.9 Å². The summed E-state index contributed by atoms with van der Waals surface area (Å²) >= 11 is 0. The molecule has 3 nitrogen and oxygen atoms in total. The molecule has 0 aromatic carbocycles. The molecule has 0 aliphatic rings. The maximum Gasteiger partial charge on any atom is 0.303 e. The smallest absolute Gasteiger partial charge is 0.303 e. The quantitative estimate of drug-likeness (QED) is 0.741. The van der Waals surface area contributed by atoms with E-state index in [4.69, 9.17) is 5.11 Å². The van der Waals surface area contributed by atoms with Crippen LogP contribution in [0.25, 0.3) is 0 Å². The summed E-state index contributed by atoms with van der Waals surface area (Å²) < 4.78 is 0. The Morgan fingerprint density at radius 2 is 1.79 bits per heavy atom. The fraction of sp³-hybridized carbons (Fsp3) is 0.818. The van der Waals surface area contributed by atoms with Gasteiger partial charge < -0.3 is 9.90 Å². The molecule has 0 bridgehead atoms. The van der Waals surface area contributed by atoms with Gasteiger partial charge in [0, 0.05) is 12.8 Å². The molecule has 82 valence electrons. The Hall–Kier alpha value is -0.860. The Bertz CT molecular complexity index is 213. The van der Waals surface area contributed by atoms with E-state index >= 15 is 0 Å². The van der Waals surface area contributed by atoms with E-state index in [0.29, 0.717) is 12.8 Å². The normalized spacial score (nSPS) is 13.7. The molecule has 0 aliphatic carbocycles. The molecule has 14 heavy (non-hydrogen) atoms. The second-order valence-corrected chi connectivity index (χ2v) is 4.90. The highest BCUT2D eigenvalue weighted by molar-refractivity contribution is 5.75. The van der Waals surface area contributed by atoms with Crippen LogP contribution in [0.4, 0.5) is 0 Å². The second kappa shape index (κ2) is 5.13. The summed E-state index contributed by atoms with van der Waals surface area (Å²) in [6.07, 6.45) is 1.30. The van der Waals surface area contributed by atoms with Crippen LogP contribution in [0, 0.1) is 11.3 Å². The molecule has 0 aromatic rings. The molecular weight excluding hydrogens is 180 g/mol. The van der Waals surface area contributed by atoms with Crippen molar-refractivity contribution < 1.29 is 14.7 Å². The molecule has 0 heterocycles. The zero-order chi connectivity index (χ0) is 11.4. The lowest BCUT2D eigenvalue weighted by molar-refractivity contribution is -0.139. The van der Waals surface area contributed by atoms with Crippen molar-refractivity contribution in [3.8, 4) is 0 Å². The van der Waals surface area contributed by atoms with Crippen molar-refractivity contribution in [3.05, 3.63) is 0 Å². The number of carboxylic acids is 1. The van der Waals surface area contributed by atoms with Crippen LogP contribution >= 0.6 is 0 Å². The summed E-state index contributed by atoms with van der Waals surface area (Å²) in [6, 6.07) is 0. The first-order valence-electron chi connectivity index (χ1n) is 4.94. The lowest BCUT2D eigenvalue weighted by Crippen LogP contribution is -2.24. The van der Waals surface area contributed by atoms with Crippen LogP contribution in [0.3, 0.4) is 0 Å². The molecule has 0 radical (unpaired) electrons. The molecule has 3 heteroatoms. The van der Waals surface area contributed by atoms with Gasteiger partial charge in [0.1, 0.15) is 5.78 Å². The first kappa shape index (κ1) is 13.1. The summed E-state index contributed by atoms with van der Waals surface area (Å²) in [5, 5.41) is 8.73. The van der Waals surface area contributed by atoms with Gasteiger partial charge in [-0.2, -0.15) is 0 Å². The summed E-state index contributed by atoms with van der Waals surface area (Å²) in [7, 11) is 0. The highest BCUT2D eigenvalue weighted by atomic mass is 16.4. The molecule has 1 atom stereocenters. The molecule has 0 spiro atoms. The van der Waals surface area contributed by atoms with Gasteiger partial charge in [-0.1, -0.05) is 20.8 Å². The number of ketones is 1. The first-order valence-corrected chi connectivity index (χ1v) is 4.94. The van der Waals surface area contributed by atoms with Gasteiger partial charge in [-0.25, -0.2) is 0 Å². The Morgan fingerprint density at radius 1 is 1.29 bits per heavy atom. The molecular formula is C11H20O3. The number of rotatable bonds is 5. The van der Waals surface area contributed by atoms with Crippen molar-refractivity contribution >= 4 is 11.8 Å². The van der Waals surface area contributed by atoms with Crippen LogP contribution in [0.15, 0.2) is 0 Å². The highest BCUT2D eigenvalue weighted by Crippen LogP contribution is 2.32. The fourth-order valence-corrected chi connectivity index (χ4v) is 1.43. The molecule has 0 aromatic heterocycles. The van der Waals surface area contributed by atoms with Gasteiger partial charge in [-0.3, -0.25) is 4.79 Å². The van der Waals surface area contributed by atoms with E-state index in [0.717, 1.165) is 0 Å². The average Bonchev–Trinajstić information content (AvgIpc) is 1.94. The van der Waals surface area contributed by atoms with Crippen molar-refractivity contribution in [3.63, 3.8) is 0 Å². The minimum atomic E-state index is -0.784. The summed E-state index contributed by atoms with van der Waals surface area (Å²) in [4.78, 5) is 21.4. The number of carbonyl (C=O) groups excluding carboxylic acids is 1. The van der Waals surface area contributed by atoms with Gasteiger partial charge in [-0.15, -0.1) is 0 Å². The highest BCUT2D eigenvalue weighted by Gasteiger charge is 2.26. The minimum Gasteiger partial charge on any atom is -0.481 e. The summed E-state index contributed by atoms with van der Waals surface area (Å²) in [5.41, 5.74) is -0.0478. The molecule has 0 amide bonds. The molecule has 1 N–H and O–H groups in total. The molecule has 0 rings (SSSR count). The maximum absolute atomic E-state index is 10.8. The lowest BCUT2D eigenvalue weighted by Gasteiger charge is -2.29. The van der Waals surface area contributed by atoms with Gasteiger partial charge in [0.15, 0.2) is 0 Å². The Labute approximate surface area is 85.5 Å². The predicted molar refractivity (Wildman–Crippen MR) is 55.1 cm³/mol. The van der Waals surface area contributed by atoms with Gasteiger partial charge >= 0.3 is 5.97 Å². The van der Waals surface area contributed by atoms with Crippen LogP contribution in [0.2, 0.25) is 0 Å². The standard InChI is InChI=1S/C11H20O3/c1-8(12)5-6-9(7-10(13)14)11(2,3)4/h9H,5-7H2,1-4H3,(H,13,14). The third-order valence-corrected chi connectivity index (χ3v) is 2.49. The number of carbonyl (C=O) groups is 2. The van der Waals surface area contributed by atoms with Crippen molar-refractivity contribution in [2.24, 2.45) is 11.3 Å². The zero-order valence-electron chi connectivity index (χ0n) is 9.46. The van der Waals surface area contributed by atoms with E-state index in [1.807, 2.05) is 20.8 Å². The number of carboxylic acid groups (broad SMARTS) is 1. The molecule has 0 saturated carbocycles. The molecule has 1 unspecified atom stereocenters. The van der Waals surface area contributed by atoms with E-state index in [1.54, 1.807) is 6.92 Å². The average molecular weight is 200 g/mol. The topological polar surface area (TPSA) is 54.4 Å². The largest absolute Gasteiger partial charge is 0.481 e. The first-order chi connectivity index (χ1) is 6.23. The van der Waals surface area contributed by atoms with Crippen LogP contribution in [0.5, 0.6) is 0 Å². The second-order valence-electron chi connectivity index (χ2n) is 4.90. The van der Waals surface area contributed by atoms with Crippen LogP contribution in [-0.2, 0) is 9.59 Å². The number of Topliss-reactive ketones (excluding diaryl/α,β-unsaturated/α-hetero) is 1. The summed E-state index contributed by atoms with van der Waals surface area (Å²) in [5.74, 6) is -0.581. The van der Waals surface area contributed by atoms with E-state index in [2.05, 4.69) is 0 Å². The molecule has 0 saturated heterocycles. The van der Waals surface area contributed by atoms with E-state index < -0.39 is 5.97 Å². The number of aliphatic carboxylic acids is 1. The van der Waals surface area contributed by atoms with Crippen molar-refractivity contribution in [1.29, 1.82) is 0 Å². The van der Waals surface area contributed by atoms with Crippen molar-refractivity contribution in [1.82, 2.24) is 0 Å². The minimum absolute atomic E-state index is 0.0478. The lowest BCUT2D eigenvalue weighted by atomic mass is 9.76. The monoisotopic (exact) mass is 200 g/mol. The predicted octanol–water partition coefficient (Wildman–Crippen LogP) is 2.49. The van der Waals surface area contributed by atoms with E-state index in [9.17, 15) is 9.59 Å². The molecule has 0 fully saturated rings. The maximum atomic E-state index is 10.8. The molecule has 0 aliphatic heterocycles. The van der Waals surface area contributed by atoms with Crippen LogP contribution < -0.4 is 0 Å². The Balaban J connectivity index is 4.26. The fourth-order valence-electron chi connectivity index (χ4n) is 1.43. The Kier molecular flexibility index (Phi) is 4.81. The Morgan fingerprint density at radius 3 is 2.07 bits per heavy atom. The van der Waals surface area contributed by atoms with Crippen molar-refractivity contribution in [2.45, 2.75) is 47.0 Å². The third kappa shape index (κ3) is 5.73. The third-order valence-electron chi connectivity index (χ3n) is 2.49. The van der Waals surface area contributed by atoms with Gasteiger partial charge in [-0.05, 0) is 24.7 Å². The van der Waals surface area contributed by atoms with E-state index in [-0.39, 0.29) is 23.5 Å². The zero-order valence-corrected chi connectivity index (χ0v) is 9.46. The number of hydrogen-bond donors (Lipinski definition) is 1. The number of hydrogen-bond acceptors (Lipinski definition) is 2. The SMILES string of the molecule is CC(=O)CCC(CC(=O)O)C(C)(C)C. The van der Waals surface area contributed by atoms with Gasteiger partial charge in [0.2, 0.25) is 0 Å². The van der Waals surface area contributed by atoms with E-state index in [1.165, 1.54) is 0 Å². The van der Waals surface area contributed by atoms with Crippen molar-refractivity contribution in [2.75, 3.05) is 0 Å².